The lowest BCUT2D eigenvalue weighted by Gasteiger charge is -2.26. The molecule has 0 radical (unpaired) electrons. The Labute approximate surface area is 313 Å². The number of esters is 1. The highest BCUT2D eigenvalue weighted by atomic mass is 127. The van der Waals surface area contributed by atoms with Gasteiger partial charge in [-0.2, -0.15) is 0 Å². The Morgan fingerprint density at radius 2 is 1.76 bits per heavy atom. The number of ether oxygens (including phenoxy) is 4. The van der Waals surface area contributed by atoms with E-state index in [4.69, 9.17) is 35.5 Å². The van der Waals surface area contributed by atoms with Gasteiger partial charge >= 0.3 is 5.97 Å². The van der Waals surface area contributed by atoms with Crippen LogP contribution in [0.1, 0.15) is 35.2 Å². The van der Waals surface area contributed by atoms with Gasteiger partial charge in [0.15, 0.2) is 16.3 Å². The lowest BCUT2D eigenvalue weighted by Crippen LogP contribution is -2.40. The topological polar surface area (TPSA) is 88.4 Å². The third kappa shape index (κ3) is 7.21. The predicted molar refractivity (Wildman–Crippen MR) is 203 cm³/mol. The molecule has 0 fully saturated rings. The van der Waals surface area contributed by atoms with Crippen LogP contribution in [0.15, 0.2) is 105 Å². The molecule has 49 heavy (non-hydrogen) atoms. The highest BCUT2D eigenvalue weighted by Crippen LogP contribution is 2.39. The van der Waals surface area contributed by atoms with Crippen molar-refractivity contribution in [2.75, 3.05) is 20.8 Å². The second-order valence-corrected chi connectivity index (χ2v) is 14.2. The Morgan fingerprint density at radius 3 is 2.47 bits per heavy atom. The maximum Gasteiger partial charge on any atom is 0.338 e. The molecule has 250 valence electrons. The number of methoxy groups -OCH3 is 2. The van der Waals surface area contributed by atoms with Crippen molar-refractivity contribution in [3.8, 4) is 17.2 Å². The summed E-state index contributed by atoms with van der Waals surface area (Å²) in [5, 5.41) is 0.603. The van der Waals surface area contributed by atoms with Gasteiger partial charge < -0.3 is 18.9 Å². The van der Waals surface area contributed by atoms with E-state index in [1.54, 1.807) is 36.8 Å². The number of thiazole rings is 1. The van der Waals surface area contributed by atoms with Gasteiger partial charge in [-0.1, -0.05) is 93.5 Å². The summed E-state index contributed by atoms with van der Waals surface area (Å²) in [6.07, 6.45) is 1.79. The highest BCUT2D eigenvalue weighted by molar-refractivity contribution is 14.1. The number of carbonyl (C=O) groups excluding carboxylic acids is 1. The molecule has 12 heteroatoms. The highest BCUT2D eigenvalue weighted by Gasteiger charge is 2.35. The molecule has 0 amide bonds. The number of carbonyl (C=O) groups is 1. The monoisotopic (exact) mass is 870 g/mol. The summed E-state index contributed by atoms with van der Waals surface area (Å²) in [4.78, 5) is 33.7. The summed E-state index contributed by atoms with van der Waals surface area (Å²) >= 11 is 13.5. The molecule has 1 atom stereocenters. The van der Waals surface area contributed by atoms with Crippen molar-refractivity contribution in [2.45, 2.75) is 19.6 Å². The first kappa shape index (κ1) is 34.9. The average Bonchev–Trinajstić information content (AvgIpc) is 3.41. The largest absolute Gasteiger partial charge is 0.493 e. The van der Waals surface area contributed by atoms with Crippen molar-refractivity contribution in [1.82, 2.24) is 4.57 Å². The molecule has 0 spiro atoms. The quantitative estimate of drug-likeness (QED) is 0.107. The molecule has 1 aliphatic rings. The normalized spacial score (nSPS) is 14.2. The molecule has 1 aliphatic heterocycles. The molecule has 0 aliphatic carbocycles. The van der Waals surface area contributed by atoms with Gasteiger partial charge in [0.25, 0.3) is 5.56 Å². The van der Waals surface area contributed by atoms with Crippen molar-refractivity contribution in [3.63, 3.8) is 0 Å². The van der Waals surface area contributed by atoms with Crippen LogP contribution in [-0.2, 0) is 16.1 Å². The molecule has 0 unspecified atom stereocenters. The fraction of sp³-hybridized carbons (Fsp3) is 0.162. The lowest BCUT2D eigenvalue weighted by molar-refractivity contribution is -0.138. The minimum Gasteiger partial charge on any atom is -0.493 e. The Bertz CT molecular complexity index is 2270. The summed E-state index contributed by atoms with van der Waals surface area (Å²) < 4.78 is 26.6. The Kier molecular flexibility index (Phi) is 10.9. The fourth-order valence-electron chi connectivity index (χ4n) is 5.53. The molecule has 4 aromatic carbocycles. The summed E-state index contributed by atoms with van der Waals surface area (Å²) in [5.74, 6) is 0.990. The third-order valence-corrected chi connectivity index (χ3v) is 10.4. The molecule has 0 N–H and O–H groups in total. The lowest BCUT2D eigenvalue weighted by atomic mass is 9.93. The molecule has 6 rings (SSSR count). The summed E-state index contributed by atoms with van der Waals surface area (Å²) in [7, 11) is 3.09. The zero-order valence-electron chi connectivity index (χ0n) is 26.5. The molecule has 0 bridgehead atoms. The summed E-state index contributed by atoms with van der Waals surface area (Å²) in [6.45, 7) is 2.13. The van der Waals surface area contributed by atoms with E-state index in [9.17, 15) is 9.59 Å². The number of hydrogen-bond donors (Lipinski definition) is 0. The van der Waals surface area contributed by atoms with E-state index < -0.39 is 12.0 Å². The van der Waals surface area contributed by atoms with E-state index in [1.807, 2.05) is 72.8 Å². The molecule has 2 heterocycles. The zero-order chi connectivity index (χ0) is 34.7. The van der Waals surface area contributed by atoms with E-state index in [0.717, 1.165) is 13.6 Å². The van der Waals surface area contributed by atoms with Gasteiger partial charge in [0.05, 0.1) is 46.2 Å². The average molecular weight is 872 g/mol. The van der Waals surface area contributed by atoms with Gasteiger partial charge in [-0.3, -0.25) is 9.36 Å². The standard InChI is InChI=1S/C37H29BrClIN2O6S/c1-4-47-36(44)31-32(21-10-6-5-7-11-21)41-37-42(33(31)22-14-15-28(45-2)29(17-22)46-3)35(43)30(49-37)18-24-16-25(38)19-27(40)34(24)48-20-23-12-8-9-13-26(23)39/h5-19,33H,4,20H2,1-3H3/b30-18-/t33-/m1/s1. The molecule has 8 nitrogen and oxygen atoms in total. The van der Waals surface area contributed by atoms with Gasteiger partial charge in [0, 0.05) is 26.2 Å². The molecular weight excluding hydrogens is 843 g/mol. The Hall–Kier alpha value is -3.91. The molecular formula is C37H29BrClIN2O6S. The SMILES string of the molecule is CCOC(=O)C1=C(c2ccccc2)N=c2s/c(=C\c3cc(Br)cc(I)c3OCc3ccccc3Cl)c(=O)n2[C@@H]1c1ccc(OC)c(OC)c1. The van der Waals surface area contributed by atoms with Crippen LogP contribution in [0.2, 0.25) is 5.02 Å². The molecule has 0 saturated heterocycles. The van der Waals surface area contributed by atoms with Gasteiger partial charge in [-0.05, 0) is 71.5 Å². The van der Waals surface area contributed by atoms with Crippen LogP contribution in [-0.4, -0.2) is 31.4 Å². The number of benzene rings is 4. The van der Waals surface area contributed by atoms with Gasteiger partial charge in [0.1, 0.15) is 12.4 Å². The van der Waals surface area contributed by atoms with Crippen molar-refractivity contribution in [3.05, 3.63) is 146 Å². The minimum absolute atomic E-state index is 0.145. The summed E-state index contributed by atoms with van der Waals surface area (Å²) in [6, 6.07) is 25.2. The number of hydrogen-bond acceptors (Lipinski definition) is 8. The second kappa shape index (κ2) is 15.3. The number of aromatic nitrogens is 1. The van der Waals surface area contributed by atoms with Crippen LogP contribution in [0, 0.1) is 3.57 Å². The van der Waals surface area contributed by atoms with Crippen LogP contribution in [0.25, 0.3) is 11.8 Å². The van der Waals surface area contributed by atoms with E-state index in [-0.39, 0.29) is 24.3 Å². The maximum absolute atomic E-state index is 14.5. The van der Waals surface area contributed by atoms with Gasteiger partial charge in [-0.15, -0.1) is 0 Å². The molecule has 1 aromatic heterocycles. The number of nitrogens with zero attached hydrogens (tertiary/aromatic N) is 2. The van der Waals surface area contributed by atoms with Gasteiger partial charge in [0.2, 0.25) is 0 Å². The van der Waals surface area contributed by atoms with Gasteiger partial charge in [-0.25, -0.2) is 9.79 Å². The first-order chi connectivity index (χ1) is 23.7. The Balaban J connectivity index is 1.59. The summed E-state index contributed by atoms with van der Waals surface area (Å²) in [5.41, 5.74) is 3.19. The van der Waals surface area contributed by atoms with E-state index in [1.165, 1.54) is 18.4 Å². The smallest absolute Gasteiger partial charge is 0.338 e. The first-order valence-electron chi connectivity index (χ1n) is 15.1. The van der Waals surface area contributed by atoms with Crippen LogP contribution in [0.3, 0.4) is 0 Å². The molecule has 5 aromatic rings. The minimum atomic E-state index is -0.883. The van der Waals surface area contributed by atoms with E-state index >= 15 is 0 Å². The first-order valence-corrected chi connectivity index (χ1v) is 18.2. The number of fused-ring (bicyclic) bond motifs is 1. The maximum atomic E-state index is 14.5. The van der Waals surface area contributed by atoms with Crippen LogP contribution in [0.5, 0.6) is 17.2 Å². The van der Waals surface area contributed by atoms with Crippen LogP contribution < -0.4 is 29.1 Å². The Morgan fingerprint density at radius 1 is 1.02 bits per heavy atom. The van der Waals surface area contributed by atoms with Crippen molar-refractivity contribution in [1.29, 1.82) is 0 Å². The van der Waals surface area contributed by atoms with Crippen molar-refractivity contribution in [2.24, 2.45) is 4.99 Å². The van der Waals surface area contributed by atoms with Crippen molar-refractivity contribution >= 4 is 79.2 Å². The van der Waals surface area contributed by atoms with E-state index in [2.05, 4.69) is 38.5 Å². The third-order valence-electron chi connectivity index (χ3n) is 7.75. The number of halogens is 3. The number of rotatable bonds is 10. The molecule has 0 saturated carbocycles. The van der Waals surface area contributed by atoms with Crippen LogP contribution >= 0.6 is 61.5 Å². The fourth-order valence-corrected chi connectivity index (χ4v) is 8.41. The predicted octanol–water partition coefficient (Wildman–Crippen LogP) is 7.55. The van der Waals surface area contributed by atoms with Crippen molar-refractivity contribution < 1.29 is 23.7 Å². The van der Waals surface area contributed by atoms with Crippen LogP contribution in [0.4, 0.5) is 0 Å². The second-order valence-electron chi connectivity index (χ2n) is 10.7. The van der Waals surface area contributed by atoms with E-state index in [0.29, 0.717) is 54.0 Å². The zero-order valence-corrected chi connectivity index (χ0v) is 31.9.